The van der Waals surface area contributed by atoms with Crippen molar-refractivity contribution in [3.8, 4) is 0 Å². The molecular weight excluding hydrogens is 230 g/mol. The van der Waals surface area contributed by atoms with Crippen LogP contribution in [0.25, 0.3) is 0 Å². The Bertz CT molecular complexity index is 290. The summed E-state index contributed by atoms with van der Waals surface area (Å²) in [7, 11) is 2.10. The van der Waals surface area contributed by atoms with Gasteiger partial charge in [0.25, 0.3) is 0 Å². The van der Waals surface area contributed by atoms with Crippen molar-refractivity contribution in [3.63, 3.8) is 0 Å². The van der Waals surface area contributed by atoms with Crippen molar-refractivity contribution in [1.29, 1.82) is 0 Å². The Kier molecular flexibility index (Phi) is 4.59. The number of nitrogens with one attached hydrogen (secondary N) is 1. The predicted molar refractivity (Wildman–Crippen MR) is 70.2 cm³/mol. The SMILES string of the molecule is CN1CCCC(NC(=O)C2(CN)CCOCC2)C1. The first-order chi connectivity index (χ1) is 8.66. The van der Waals surface area contributed by atoms with Crippen molar-refractivity contribution in [2.45, 2.75) is 31.7 Å². The fraction of sp³-hybridized carbons (Fsp3) is 0.923. The van der Waals surface area contributed by atoms with Gasteiger partial charge in [-0.2, -0.15) is 0 Å². The van der Waals surface area contributed by atoms with Crippen LogP contribution in [0.2, 0.25) is 0 Å². The molecule has 0 saturated carbocycles. The second-order valence-corrected chi connectivity index (χ2v) is 5.67. The molecule has 18 heavy (non-hydrogen) atoms. The van der Waals surface area contributed by atoms with E-state index in [2.05, 4.69) is 17.3 Å². The maximum atomic E-state index is 12.5. The van der Waals surface area contributed by atoms with Gasteiger partial charge >= 0.3 is 0 Å². The van der Waals surface area contributed by atoms with E-state index in [9.17, 15) is 4.79 Å². The van der Waals surface area contributed by atoms with Crippen LogP contribution in [0.3, 0.4) is 0 Å². The second-order valence-electron chi connectivity index (χ2n) is 5.67. The van der Waals surface area contributed by atoms with E-state index in [-0.39, 0.29) is 11.9 Å². The molecule has 0 aromatic rings. The summed E-state index contributed by atoms with van der Waals surface area (Å²) in [4.78, 5) is 14.7. The minimum Gasteiger partial charge on any atom is -0.381 e. The third-order valence-corrected chi connectivity index (χ3v) is 4.28. The van der Waals surface area contributed by atoms with E-state index in [1.54, 1.807) is 0 Å². The zero-order valence-electron chi connectivity index (χ0n) is 11.3. The molecule has 5 nitrogen and oxygen atoms in total. The van der Waals surface area contributed by atoms with Crippen molar-refractivity contribution >= 4 is 5.91 Å². The Labute approximate surface area is 109 Å². The monoisotopic (exact) mass is 255 g/mol. The Hall–Kier alpha value is -0.650. The van der Waals surface area contributed by atoms with Crippen LogP contribution in [0.15, 0.2) is 0 Å². The first kappa shape index (κ1) is 13.8. The number of likely N-dealkylation sites (N-methyl/N-ethyl adjacent to an activating group) is 1. The zero-order chi connectivity index (χ0) is 13.0. The van der Waals surface area contributed by atoms with E-state index in [1.807, 2.05) is 0 Å². The number of hydrogen-bond donors (Lipinski definition) is 2. The largest absolute Gasteiger partial charge is 0.381 e. The lowest BCUT2D eigenvalue weighted by Crippen LogP contribution is -2.54. The molecule has 2 fully saturated rings. The summed E-state index contributed by atoms with van der Waals surface area (Å²) < 4.78 is 5.34. The number of carbonyl (C=O) groups excluding carboxylic acids is 1. The topological polar surface area (TPSA) is 67.6 Å². The second kappa shape index (κ2) is 5.99. The maximum Gasteiger partial charge on any atom is 0.227 e. The fourth-order valence-electron chi connectivity index (χ4n) is 2.91. The number of nitrogens with two attached hydrogens (primary N) is 1. The summed E-state index contributed by atoms with van der Waals surface area (Å²) >= 11 is 0. The summed E-state index contributed by atoms with van der Waals surface area (Å²) in [6, 6.07) is 0.280. The van der Waals surface area contributed by atoms with Crippen LogP contribution in [0.1, 0.15) is 25.7 Å². The zero-order valence-corrected chi connectivity index (χ0v) is 11.3. The average Bonchev–Trinajstić information content (AvgIpc) is 2.39. The highest BCUT2D eigenvalue weighted by Gasteiger charge is 2.39. The summed E-state index contributed by atoms with van der Waals surface area (Å²) in [6.07, 6.45) is 3.73. The number of hydrogen-bond acceptors (Lipinski definition) is 4. The molecule has 2 saturated heterocycles. The number of carbonyl (C=O) groups is 1. The van der Waals surface area contributed by atoms with Crippen LogP contribution in [0.4, 0.5) is 0 Å². The van der Waals surface area contributed by atoms with Crippen LogP contribution < -0.4 is 11.1 Å². The number of likely N-dealkylation sites (tertiary alicyclic amines) is 1. The molecule has 1 unspecified atom stereocenters. The number of amides is 1. The minimum atomic E-state index is -0.395. The van der Waals surface area contributed by atoms with Crippen molar-refractivity contribution < 1.29 is 9.53 Å². The summed E-state index contributed by atoms with van der Waals surface area (Å²) in [5, 5.41) is 3.19. The standard InChI is InChI=1S/C13H25N3O2/c1-16-6-2-3-11(9-16)15-12(17)13(10-14)4-7-18-8-5-13/h11H,2-10,14H2,1H3,(H,15,17). The molecule has 2 rings (SSSR count). The number of nitrogens with zero attached hydrogens (tertiary/aromatic N) is 1. The van der Waals surface area contributed by atoms with E-state index in [1.165, 1.54) is 0 Å². The van der Waals surface area contributed by atoms with Gasteiger partial charge in [-0.3, -0.25) is 4.79 Å². The molecule has 0 spiro atoms. The van der Waals surface area contributed by atoms with Gasteiger partial charge in [-0.15, -0.1) is 0 Å². The highest BCUT2D eigenvalue weighted by molar-refractivity contribution is 5.83. The molecular formula is C13H25N3O2. The molecule has 0 aromatic heterocycles. The van der Waals surface area contributed by atoms with Crippen LogP contribution in [-0.4, -0.2) is 56.7 Å². The molecule has 2 aliphatic heterocycles. The summed E-state index contributed by atoms with van der Waals surface area (Å²) in [5.74, 6) is 0.133. The van der Waals surface area contributed by atoms with Gasteiger partial charge in [-0.1, -0.05) is 0 Å². The van der Waals surface area contributed by atoms with Crippen molar-refractivity contribution in [3.05, 3.63) is 0 Å². The van der Waals surface area contributed by atoms with Gasteiger partial charge in [0.15, 0.2) is 0 Å². The maximum absolute atomic E-state index is 12.5. The first-order valence-electron chi connectivity index (χ1n) is 6.94. The van der Waals surface area contributed by atoms with Gasteiger partial charge in [0.2, 0.25) is 5.91 Å². The highest BCUT2D eigenvalue weighted by atomic mass is 16.5. The van der Waals surface area contributed by atoms with Crippen LogP contribution in [0.5, 0.6) is 0 Å². The molecule has 0 bridgehead atoms. The van der Waals surface area contributed by atoms with Crippen LogP contribution in [-0.2, 0) is 9.53 Å². The Balaban J connectivity index is 1.92. The third kappa shape index (κ3) is 3.02. The van der Waals surface area contributed by atoms with E-state index >= 15 is 0 Å². The number of ether oxygens (including phenoxy) is 1. The normalized spacial score (nSPS) is 28.9. The van der Waals surface area contributed by atoms with Crippen molar-refractivity contribution in [2.24, 2.45) is 11.1 Å². The molecule has 1 amide bonds. The lowest BCUT2D eigenvalue weighted by molar-refractivity contribution is -0.137. The smallest absolute Gasteiger partial charge is 0.227 e. The number of piperidine rings is 1. The number of rotatable bonds is 3. The summed E-state index contributed by atoms with van der Waals surface area (Å²) in [5.41, 5.74) is 5.45. The summed E-state index contributed by atoms with van der Waals surface area (Å²) in [6.45, 7) is 3.79. The molecule has 3 N–H and O–H groups in total. The molecule has 104 valence electrons. The van der Waals surface area contributed by atoms with Crippen molar-refractivity contribution in [1.82, 2.24) is 10.2 Å². The molecule has 2 heterocycles. The van der Waals surface area contributed by atoms with Crippen LogP contribution >= 0.6 is 0 Å². The van der Waals surface area contributed by atoms with E-state index < -0.39 is 5.41 Å². The van der Waals surface area contributed by atoms with Gasteiger partial charge in [0.1, 0.15) is 0 Å². The van der Waals surface area contributed by atoms with Gasteiger partial charge in [0.05, 0.1) is 5.41 Å². The average molecular weight is 255 g/mol. The van der Waals surface area contributed by atoms with Gasteiger partial charge in [-0.25, -0.2) is 0 Å². The minimum absolute atomic E-state index is 0.133. The molecule has 0 radical (unpaired) electrons. The molecule has 2 aliphatic rings. The molecule has 5 heteroatoms. The Morgan fingerprint density at radius 3 is 2.83 bits per heavy atom. The molecule has 0 aromatic carbocycles. The fourth-order valence-corrected chi connectivity index (χ4v) is 2.91. The molecule has 1 atom stereocenters. The van der Waals surface area contributed by atoms with Crippen molar-refractivity contribution in [2.75, 3.05) is 39.9 Å². The Morgan fingerprint density at radius 1 is 1.50 bits per heavy atom. The van der Waals surface area contributed by atoms with E-state index in [0.29, 0.717) is 19.8 Å². The molecule has 0 aliphatic carbocycles. The van der Waals surface area contributed by atoms with Gasteiger partial charge < -0.3 is 20.7 Å². The van der Waals surface area contributed by atoms with E-state index in [0.717, 1.165) is 38.8 Å². The lowest BCUT2D eigenvalue weighted by atomic mass is 9.79. The van der Waals surface area contributed by atoms with E-state index in [4.69, 9.17) is 10.5 Å². The quantitative estimate of drug-likeness (QED) is 0.742. The predicted octanol–water partition coefficient (Wildman–Crippen LogP) is -0.0477. The van der Waals surface area contributed by atoms with Gasteiger partial charge in [-0.05, 0) is 39.3 Å². The lowest BCUT2D eigenvalue weighted by Gasteiger charge is -2.37. The van der Waals surface area contributed by atoms with Gasteiger partial charge in [0, 0.05) is 32.3 Å². The highest BCUT2D eigenvalue weighted by Crippen LogP contribution is 2.29. The Morgan fingerprint density at radius 2 is 2.22 bits per heavy atom. The third-order valence-electron chi connectivity index (χ3n) is 4.28. The van der Waals surface area contributed by atoms with Crippen LogP contribution in [0, 0.1) is 5.41 Å². The first-order valence-corrected chi connectivity index (χ1v) is 6.94.